The second kappa shape index (κ2) is 8.64. The number of para-hydroxylation sites is 1. The normalized spacial score (nSPS) is 12.2. The van der Waals surface area contributed by atoms with Gasteiger partial charge >= 0.3 is 0 Å². The number of thiol groups is 1. The van der Waals surface area contributed by atoms with Crippen LogP contribution in [0.15, 0.2) is 53.1 Å². The molecule has 0 radical (unpaired) electrons. The Balaban J connectivity index is 1.55. The number of aromatic nitrogens is 2. The van der Waals surface area contributed by atoms with E-state index >= 15 is 0 Å². The third kappa shape index (κ3) is 4.75. The Morgan fingerprint density at radius 1 is 1.07 bits per heavy atom. The van der Waals surface area contributed by atoms with Gasteiger partial charge in [-0.3, -0.25) is 0 Å². The molecule has 0 spiro atoms. The first-order valence-electron chi connectivity index (χ1n) is 8.50. The number of rotatable bonds is 7. The van der Waals surface area contributed by atoms with Gasteiger partial charge in [0.25, 0.3) is 0 Å². The molecule has 0 bridgehead atoms. The SMILES string of the molecule is O=[SH](=O)NCc1ccccc1Nc1nc(Nc2ccc3c(c2)OCO3)ncc1Br. The minimum Gasteiger partial charge on any atom is -0.454 e. The molecule has 1 aliphatic rings. The molecule has 3 N–H and O–H groups in total. The fraction of sp³-hybridized carbons (Fsp3) is 0.111. The lowest BCUT2D eigenvalue weighted by molar-refractivity contribution is 0.174. The van der Waals surface area contributed by atoms with Crippen LogP contribution in [0.5, 0.6) is 11.5 Å². The zero-order chi connectivity index (χ0) is 20.2. The quantitative estimate of drug-likeness (QED) is 0.383. The van der Waals surface area contributed by atoms with Crippen LogP contribution in [-0.2, 0) is 17.4 Å². The molecule has 0 unspecified atom stereocenters. The monoisotopic (exact) mass is 477 g/mol. The van der Waals surface area contributed by atoms with Crippen molar-refractivity contribution in [3.63, 3.8) is 0 Å². The van der Waals surface area contributed by atoms with Crippen LogP contribution in [0.1, 0.15) is 5.56 Å². The zero-order valence-electron chi connectivity index (χ0n) is 14.9. The molecule has 9 nitrogen and oxygen atoms in total. The van der Waals surface area contributed by atoms with E-state index in [0.717, 1.165) is 16.9 Å². The first kappa shape index (κ1) is 19.4. The Kier molecular flexibility index (Phi) is 5.79. The van der Waals surface area contributed by atoms with Crippen molar-refractivity contribution in [2.24, 2.45) is 0 Å². The third-order valence-corrected chi connectivity index (χ3v) is 5.04. The van der Waals surface area contributed by atoms with E-state index in [1.54, 1.807) is 6.20 Å². The van der Waals surface area contributed by atoms with Gasteiger partial charge in [-0.2, -0.15) is 4.98 Å². The van der Waals surface area contributed by atoms with Gasteiger partial charge in [0.1, 0.15) is 5.82 Å². The predicted molar refractivity (Wildman–Crippen MR) is 112 cm³/mol. The van der Waals surface area contributed by atoms with Gasteiger partial charge in [0.15, 0.2) is 11.5 Å². The Labute approximate surface area is 176 Å². The summed E-state index contributed by atoms with van der Waals surface area (Å²) < 4.78 is 35.4. The number of hydrogen-bond acceptors (Lipinski definition) is 8. The van der Waals surface area contributed by atoms with Gasteiger partial charge in [-0.25, -0.2) is 18.1 Å². The molecule has 11 heteroatoms. The molecule has 3 aromatic rings. The Morgan fingerprint density at radius 3 is 2.76 bits per heavy atom. The number of halogens is 1. The van der Waals surface area contributed by atoms with Gasteiger partial charge in [-0.1, -0.05) is 18.2 Å². The van der Waals surface area contributed by atoms with Crippen LogP contribution < -0.4 is 24.8 Å². The molecule has 4 rings (SSSR count). The van der Waals surface area contributed by atoms with E-state index in [4.69, 9.17) is 9.47 Å². The van der Waals surface area contributed by atoms with Crippen molar-refractivity contribution in [1.29, 1.82) is 0 Å². The van der Waals surface area contributed by atoms with E-state index in [0.29, 0.717) is 27.7 Å². The molecule has 0 aliphatic carbocycles. The number of benzene rings is 2. The van der Waals surface area contributed by atoms with E-state index in [1.165, 1.54) is 0 Å². The van der Waals surface area contributed by atoms with Crippen molar-refractivity contribution in [3.05, 3.63) is 58.7 Å². The summed E-state index contributed by atoms with van der Waals surface area (Å²) in [6, 6.07) is 12.8. The average molecular weight is 478 g/mol. The van der Waals surface area contributed by atoms with Crippen molar-refractivity contribution in [1.82, 2.24) is 14.7 Å². The Hall–Kier alpha value is -2.89. The van der Waals surface area contributed by atoms with Crippen LogP contribution in [-0.4, -0.2) is 25.2 Å². The molecular weight excluding hydrogens is 462 g/mol. The summed E-state index contributed by atoms with van der Waals surface area (Å²) in [5.74, 6) is 2.26. The van der Waals surface area contributed by atoms with E-state index in [9.17, 15) is 8.42 Å². The average Bonchev–Trinajstić information content (AvgIpc) is 3.17. The fourth-order valence-electron chi connectivity index (χ4n) is 2.69. The molecular formula is C18H16BrN5O4S. The molecule has 0 atom stereocenters. The van der Waals surface area contributed by atoms with Crippen LogP contribution in [0.2, 0.25) is 0 Å². The molecule has 0 fully saturated rings. The lowest BCUT2D eigenvalue weighted by atomic mass is 10.2. The number of ether oxygens (including phenoxy) is 2. The summed E-state index contributed by atoms with van der Waals surface area (Å²) in [7, 11) is -2.68. The lowest BCUT2D eigenvalue weighted by Gasteiger charge is -2.13. The highest BCUT2D eigenvalue weighted by Crippen LogP contribution is 2.35. The van der Waals surface area contributed by atoms with E-state index in [2.05, 4.69) is 41.3 Å². The summed E-state index contributed by atoms with van der Waals surface area (Å²) >= 11 is 3.44. The van der Waals surface area contributed by atoms with Crippen LogP contribution in [0.4, 0.5) is 23.1 Å². The highest BCUT2D eigenvalue weighted by atomic mass is 79.9. The van der Waals surface area contributed by atoms with Crippen molar-refractivity contribution < 1.29 is 17.9 Å². The van der Waals surface area contributed by atoms with Gasteiger partial charge in [-0.05, 0) is 39.7 Å². The number of nitrogens with zero attached hydrogens (tertiary/aromatic N) is 2. The molecule has 0 saturated carbocycles. The maximum absolute atomic E-state index is 10.8. The molecule has 1 aromatic heterocycles. The summed E-state index contributed by atoms with van der Waals surface area (Å²) in [5.41, 5.74) is 2.26. The first-order chi connectivity index (χ1) is 14.1. The van der Waals surface area contributed by atoms with Gasteiger partial charge < -0.3 is 20.1 Å². The van der Waals surface area contributed by atoms with Gasteiger partial charge in [0, 0.05) is 30.2 Å². The molecule has 1 aliphatic heterocycles. The van der Waals surface area contributed by atoms with Crippen LogP contribution in [0.25, 0.3) is 0 Å². The molecule has 0 saturated heterocycles. The molecule has 0 amide bonds. The van der Waals surface area contributed by atoms with Crippen LogP contribution >= 0.6 is 15.9 Å². The summed E-state index contributed by atoms with van der Waals surface area (Å²) in [6.45, 7) is 0.378. The summed E-state index contributed by atoms with van der Waals surface area (Å²) in [6.07, 6.45) is 1.63. The van der Waals surface area contributed by atoms with Crippen molar-refractivity contribution in [2.75, 3.05) is 17.4 Å². The van der Waals surface area contributed by atoms with Gasteiger partial charge in [-0.15, -0.1) is 0 Å². The summed E-state index contributed by atoms with van der Waals surface area (Å²) in [4.78, 5) is 8.78. The van der Waals surface area contributed by atoms with Gasteiger partial charge in [0.05, 0.1) is 4.47 Å². The summed E-state index contributed by atoms with van der Waals surface area (Å²) in [5, 5.41) is 6.34. The fourth-order valence-corrected chi connectivity index (χ4v) is 3.28. The highest BCUT2D eigenvalue weighted by molar-refractivity contribution is 9.10. The third-order valence-electron chi connectivity index (χ3n) is 4.04. The van der Waals surface area contributed by atoms with Crippen LogP contribution in [0.3, 0.4) is 0 Å². The smallest absolute Gasteiger partial charge is 0.231 e. The Bertz CT molecular complexity index is 1120. The standard InChI is InChI=1S/C18H16BrN5O4S/c19-13-9-20-18(22-12-5-6-15-16(7-12)28-10-27-15)24-17(13)23-14-4-2-1-3-11(14)8-21-29(25)26/h1-7,9,29H,8,10H2,(H,21,25,26)(H2,20,22,23,24). The van der Waals surface area contributed by atoms with E-state index in [-0.39, 0.29) is 13.3 Å². The van der Waals surface area contributed by atoms with Gasteiger partial charge in [0.2, 0.25) is 23.6 Å². The predicted octanol–water partition coefficient (Wildman–Crippen LogP) is 3.07. The first-order valence-corrected chi connectivity index (χ1v) is 10.5. The lowest BCUT2D eigenvalue weighted by Crippen LogP contribution is -2.12. The zero-order valence-corrected chi connectivity index (χ0v) is 17.4. The maximum Gasteiger partial charge on any atom is 0.231 e. The topological polar surface area (TPSA) is 114 Å². The minimum atomic E-state index is -2.68. The maximum atomic E-state index is 10.8. The number of anilines is 4. The molecule has 29 heavy (non-hydrogen) atoms. The van der Waals surface area contributed by atoms with E-state index in [1.807, 2.05) is 42.5 Å². The Morgan fingerprint density at radius 2 is 1.90 bits per heavy atom. The van der Waals surface area contributed by atoms with Crippen molar-refractivity contribution in [2.45, 2.75) is 6.54 Å². The second-order valence-electron chi connectivity index (χ2n) is 5.96. The molecule has 150 valence electrons. The van der Waals surface area contributed by atoms with Crippen LogP contribution in [0, 0.1) is 0 Å². The number of nitrogens with one attached hydrogen (secondary N) is 3. The number of hydrogen-bond donors (Lipinski definition) is 4. The largest absolute Gasteiger partial charge is 0.454 e. The van der Waals surface area contributed by atoms with Crippen molar-refractivity contribution >= 4 is 50.0 Å². The second-order valence-corrected chi connectivity index (χ2v) is 7.64. The van der Waals surface area contributed by atoms with Crippen molar-refractivity contribution in [3.8, 4) is 11.5 Å². The molecule has 2 heterocycles. The minimum absolute atomic E-state index is 0.173. The highest BCUT2D eigenvalue weighted by Gasteiger charge is 2.14. The number of fused-ring (bicyclic) bond motifs is 1. The molecule has 2 aromatic carbocycles. The van der Waals surface area contributed by atoms with E-state index < -0.39 is 10.9 Å².